The van der Waals surface area contributed by atoms with Crippen molar-refractivity contribution < 1.29 is 14.4 Å². The fourth-order valence-corrected chi connectivity index (χ4v) is 1.30. The molecule has 1 aliphatic carbocycles. The fraction of sp³-hybridized carbons (Fsp3) is 0.800. The maximum atomic E-state index is 11.5. The zero-order valence-electron chi connectivity index (χ0n) is 9.21. The van der Waals surface area contributed by atoms with Gasteiger partial charge >= 0.3 is 0 Å². The molecule has 2 amide bonds. The lowest BCUT2D eigenvalue weighted by molar-refractivity contribution is -0.139. The molecule has 0 aromatic rings. The Morgan fingerprint density at radius 3 is 2.60 bits per heavy atom. The summed E-state index contributed by atoms with van der Waals surface area (Å²) in [4.78, 5) is 27.5. The number of carbonyl (C=O) groups is 2. The quantitative estimate of drug-likeness (QED) is 0.649. The molecule has 0 aliphatic heterocycles. The first-order chi connectivity index (χ1) is 7.15. The first-order valence-electron chi connectivity index (χ1n) is 5.37. The average Bonchev–Trinajstić information content (AvgIpc) is 2.10. The molecule has 1 rings (SSSR count). The molecule has 1 saturated carbocycles. The standard InChI is InChI=1S/C10H18N2O3/c1-3-15-12-9(13)7(2)11-10(14)8-5-4-6-8/h7-8H,3-6H2,1-2H3,(H,11,14)(H,12,13). The molecule has 1 atom stereocenters. The molecule has 5 nitrogen and oxygen atoms in total. The van der Waals surface area contributed by atoms with Gasteiger partial charge in [0.2, 0.25) is 5.91 Å². The van der Waals surface area contributed by atoms with Crippen molar-refractivity contribution in [3.63, 3.8) is 0 Å². The molecule has 0 bridgehead atoms. The highest BCUT2D eigenvalue weighted by Gasteiger charge is 2.27. The minimum atomic E-state index is -0.537. The summed E-state index contributed by atoms with van der Waals surface area (Å²) in [5.74, 6) is -0.239. The van der Waals surface area contributed by atoms with Crippen LogP contribution >= 0.6 is 0 Å². The highest BCUT2D eigenvalue weighted by molar-refractivity contribution is 5.87. The van der Waals surface area contributed by atoms with Crippen LogP contribution in [0.25, 0.3) is 0 Å². The van der Waals surface area contributed by atoms with Gasteiger partial charge in [-0.05, 0) is 26.7 Å². The first-order valence-corrected chi connectivity index (χ1v) is 5.37. The van der Waals surface area contributed by atoms with Crippen LogP contribution in [0.3, 0.4) is 0 Å². The molecule has 5 heteroatoms. The Bertz CT molecular complexity index is 239. The molecule has 86 valence electrons. The Morgan fingerprint density at radius 2 is 2.13 bits per heavy atom. The third-order valence-corrected chi connectivity index (χ3v) is 2.55. The minimum Gasteiger partial charge on any atom is -0.344 e. The molecule has 1 fully saturated rings. The molecule has 0 aromatic heterocycles. The number of hydrogen-bond acceptors (Lipinski definition) is 3. The van der Waals surface area contributed by atoms with Gasteiger partial charge in [-0.25, -0.2) is 5.48 Å². The normalized spacial score (nSPS) is 17.7. The highest BCUT2D eigenvalue weighted by atomic mass is 16.6. The molecule has 1 aliphatic rings. The van der Waals surface area contributed by atoms with Crippen LogP contribution in [0.4, 0.5) is 0 Å². The summed E-state index contributed by atoms with van der Waals surface area (Å²) >= 11 is 0. The molecular weight excluding hydrogens is 196 g/mol. The molecule has 0 aromatic carbocycles. The Kier molecular flexibility index (Phi) is 4.55. The smallest absolute Gasteiger partial charge is 0.265 e. The van der Waals surface area contributed by atoms with Crippen LogP contribution in [0.15, 0.2) is 0 Å². The molecule has 0 radical (unpaired) electrons. The number of amides is 2. The maximum Gasteiger partial charge on any atom is 0.265 e. The summed E-state index contributed by atoms with van der Waals surface area (Å²) in [5.41, 5.74) is 2.26. The Balaban J connectivity index is 2.24. The third-order valence-electron chi connectivity index (χ3n) is 2.55. The van der Waals surface area contributed by atoms with E-state index in [4.69, 9.17) is 4.84 Å². The van der Waals surface area contributed by atoms with Crippen molar-refractivity contribution in [3.8, 4) is 0 Å². The first kappa shape index (κ1) is 12.0. The second-order valence-electron chi connectivity index (χ2n) is 3.76. The highest BCUT2D eigenvalue weighted by Crippen LogP contribution is 2.26. The lowest BCUT2D eigenvalue weighted by Gasteiger charge is -2.25. The summed E-state index contributed by atoms with van der Waals surface area (Å²) < 4.78 is 0. The third kappa shape index (κ3) is 3.51. The van der Waals surface area contributed by atoms with Crippen LogP contribution < -0.4 is 10.8 Å². The monoisotopic (exact) mass is 214 g/mol. The van der Waals surface area contributed by atoms with E-state index in [1.54, 1.807) is 13.8 Å². The number of carbonyl (C=O) groups excluding carboxylic acids is 2. The van der Waals surface area contributed by atoms with Crippen LogP contribution in [0.2, 0.25) is 0 Å². The summed E-state index contributed by atoms with van der Waals surface area (Å²) in [6.07, 6.45) is 2.98. The summed E-state index contributed by atoms with van der Waals surface area (Å²) in [6.45, 7) is 3.83. The van der Waals surface area contributed by atoms with E-state index in [9.17, 15) is 9.59 Å². The SMILES string of the molecule is CCONC(=O)C(C)NC(=O)C1CCC1. The van der Waals surface area contributed by atoms with E-state index in [-0.39, 0.29) is 17.7 Å². The van der Waals surface area contributed by atoms with Crippen molar-refractivity contribution in [1.29, 1.82) is 0 Å². The number of hydrogen-bond donors (Lipinski definition) is 2. The van der Waals surface area contributed by atoms with Gasteiger partial charge in [0.1, 0.15) is 6.04 Å². The lowest BCUT2D eigenvalue weighted by atomic mass is 9.84. The van der Waals surface area contributed by atoms with Crippen molar-refractivity contribution in [3.05, 3.63) is 0 Å². The van der Waals surface area contributed by atoms with Gasteiger partial charge in [0.25, 0.3) is 5.91 Å². The molecule has 0 spiro atoms. The van der Waals surface area contributed by atoms with E-state index in [1.165, 1.54) is 0 Å². The van der Waals surface area contributed by atoms with Crippen molar-refractivity contribution in [2.24, 2.45) is 5.92 Å². The van der Waals surface area contributed by atoms with Gasteiger partial charge in [0.15, 0.2) is 0 Å². The van der Waals surface area contributed by atoms with Crippen LogP contribution in [0.1, 0.15) is 33.1 Å². The zero-order chi connectivity index (χ0) is 11.3. The van der Waals surface area contributed by atoms with E-state index >= 15 is 0 Å². The van der Waals surface area contributed by atoms with Crippen molar-refractivity contribution >= 4 is 11.8 Å². The second kappa shape index (κ2) is 5.70. The van der Waals surface area contributed by atoms with Gasteiger partial charge in [-0.15, -0.1) is 0 Å². The summed E-state index contributed by atoms with van der Waals surface area (Å²) in [6, 6.07) is -0.537. The minimum absolute atomic E-state index is 0.0274. The largest absolute Gasteiger partial charge is 0.344 e. The van der Waals surface area contributed by atoms with E-state index in [0.717, 1.165) is 19.3 Å². The topological polar surface area (TPSA) is 67.4 Å². The van der Waals surface area contributed by atoms with Crippen LogP contribution in [0, 0.1) is 5.92 Å². The van der Waals surface area contributed by atoms with Gasteiger partial charge < -0.3 is 5.32 Å². The van der Waals surface area contributed by atoms with E-state index in [0.29, 0.717) is 6.61 Å². The number of hydroxylamine groups is 1. The molecule has 15 heavy (non-hydrogen) atoms. The summed E-state index contributed by atoms with van der Waals surface area (Å²) in [7, 11) is 0. The van der Waals surface area contributed by atoms with Crippen LogP contribution in [-0.4, -0.2) is 24.5 Å². The Labute approximate surface area is 89.5 Å². The number of rotatable bonds is 5. The predicted molar refractivity (Wildman–Crippen MR) is 54.7 cm³/mol. The van der Waals surface area contributed by atoms with Crippen LogP contribution in [0.5, 0.6) is 0 Å². The van der Waals surface area contributed by atoms with Crippen molar-refractivity contribution in [1.82, 2.24) is 10.8 Å². The van der Waals surface area contributed by atoms with Crippen molar-refractivity contribution in [2.45, 2.75) is 39.2 Å². The average molecular weight is 214 g/mol. The van der Waals surface area contributed by atoms with Crippen molar-refractivity contribution in [2.75, 3.05) is 6.61 Å². The number of nitrogens with one attached hydrogen (secondary N) is 2. The molecule has 0 heterocycles. The zero-order valence-corrected chi connectivity index (χ0v) is 9.21. The van der Waals surface area contributed by atoms with Gasteiger partial charge in [0.05, 0.1) is 6.61 Å². The van der Waals surface area contributed by atoms with E-state index in [2.05, 4.69) is 10.8 Å². The molecule has 1 unspecified atom stereocenters. The Hall–Kier alpha value is -1.10. The second-order valence-corrected chi connectivity index (χ2v) is 3.76. The molecule has 2 N–H and O–H groups in total. The summed E-state index contributed by atoms with van der Waals surface area (Å²) in [5, 5.41) is 2.66. The fourth-order valence-electron chi connectivity index (χ4n) is 1.30. The van der Waals surface area contributed by atoms with Gasteiger partial charge in [-0.1, -0.05) is 6.42 Å². The molecule has 0 saturated heterocycles. The van der Waals surface area contributed by atoms with Gasteiger partial charge in [0, 0.05) is 5.92 Å². The van der Waals surface area contributed by atoms with E-state index in [1.807, 2.05) is 0 Å². The Morgan fingerprint density at radius 1 is 1.47 bits per heavy atom. The van der Waals surface area contributed by atoms with Crippen LogP contribution in [-0.2, 0) is 14.4 Å². The molecular formula is C10H18N2O3. The van der Waals surface area contributed by atoms with Gasteiger partial charge in [-0.2, -0.15) is 0 Å². The van der Waals surface area contributed by atoms with E-state index < -0.39 is 6.04 Å². The predicted octanol–water partition coefficient (Wildman–Crippen LogP) is 0.359. The lowest BCUT2D eigenvalue weighted by Crippen LogP contribution is -2.47. The van der Waals surface area contributed by atoms with Gasteiger partial charge in [-0.3, -0.25) is 14.4 Å². The maximum absolute atomic E-state index is 11.5.